The van der Waals surface area contributed by atoms with Crippen LogP contribution in [-0.4, -0.2) is 56.5 Å². The number of anilines is 1. The number of nitrogens with one attached hydrogen (secondary N) is 1. The first kappa shape index (κ1) is 17.6. The van der Waals surface area contributed by atoms with Gasteiger partial charge in [0, 0.05) is 31.4 Å². The smallest absolute Gasteiger partial charge is 0.282 e. The number of fused-ring (bicyclic) bond motifs is 1. The van der Waals surface area contributed by atoms with Gasteiger partial charge in [-0.05, 0) is 25.8 Å². The fourth-order valence-corrected chi connectivity index (χ4v) is 3.99. The molecule has 140 valence electrons. The van der Waals surface area contributed by atoms with Crippen LogP contribution in [0.25, 0.3) is 10.2 Å². The zero-order chi connectivity index (χ0) is 18.6. The first-order valence-electron chi connectivity index (χ1n) is 8.94. The molecule has 1 saturated heterocycles. The lowest BCUT2D eigenvalue weighted by atomic mass is 10.1. The van der Waals surface area contributed by atoms with Crippen LogP contribution in [0.4, 0.5) is 5.82 Å². The van der Waals surface area contributed by atoms with E-state index in [9.17, 15) is 4.79 Å². The maximum absolute atomic E-state index is 12.7. The van der Waals surface area contributed by atoms with Gasteiger partial charge >= 0.3 is 0 Å². The molecule has 0 aromatic carbocycles. The maximum Gasteiger partial charge on any atom is 0.282 e. The Hall–Kier alpha value is -2.81. The molecule has 0 atom stereocenters. The molecule has 3 aromatic heterocycles. The Morgan fingerprint density at radius 3 is 3.00 bits per heavy atom. The van der Waals surface area contributed by atoms with Gasteiger partial charge in [-0.1, -0.05) is 0 Å². The van der Waals surface area contributed by atoms with Gasteiger partial charge in [-0.25, -0.2) is 15.0 Å². The third kappa shape index (κ3) is 3.97. The Bertz CT molecular complexity index is 905. The largest absolute Gasteiger partial charge is 0.478 e. The lowest BCUT2D eigenvalue weighted by Crippen LogP contribution is -2.42. The van der Waals surface area contributed by atoms with Gasteiger partial charge in [0.15, 0.2) is 5.01 Å². The fraction of sp³-hybridized carbons (Fsp3) is 0.389. The van der Waals surface area contributed by atoms with E-state index in [4.69, 9.17) is 4.74 Å². The molecule has 27 heavy (non-hydrogen) atoms. The van der Waals surface area contributed by atoms with E-state index in [0.29, 0.717) is 30.6 Å². The molecule has 4 heterocycles. The lowest BCUT2D eigenvalue weighted by molar-refractivity contribution is 0.0718. The predicted octanol–water partition coefficient (Wildman–Crippen LogP) is 2.60. The van der Waals surface area contributed by atoms with E-state index >= 15 is 0 Å². The van der Waals surface area contributed by atoms with Crippen molar-refractivity contribution in [2.24, 2.45) is 0 Å². The average molecular weight is 384 g/mol. The van der Waals surface area contributed by atoms with Gasteiger partial charge in [0.1, 0.15) is 17.7 Å². The lowest BCUT2D eigenvalue weighted by Gasteiger charge is -2.32. The van der Waals surface area contributed by atoms with Crippen LogP contribution in [-0.2, 0) is 0 Å². The quantitative estimate of drug-likeness (QED) is 0.723. The van der Waals surface area contributed by atoms with Crippen LogP contribution in [0, 0.1) is 0 Å². The normalized spacial score (nSPS) is 15.1. The number of aromatic nitrogens is 4. The highest BCUT2D eigenvalue weighted by molar-refractivity contribution is 7.20. The molecule has 0 unspecified atom stereocenters. The van der Waals surface area contributed by atoms with Crippen LogP contribution in [0.1, 0.15) is 29.6 Å². The van der Waals surface area contributed by atoms with Gasteiger partial charge in [-0.3, -0.25) is 9.78 Å². The van der Waals surface area contributed by atoms with Gasteiger partial charge in [-0.15, -0.1) is 11.3 Å². The second-order valence-electron chi connectivity index (χ2n) is 6.25. The summed E-state index contributed by atoms with van der Waals surface area (Å²) >= 11 is 1.42. The molecule has 1 N–H and O–H groups in total. The summed E-state index contributed by atoms with van der Waals surface area (Å²) in [4.78, 5) is 31.4. The van der Waals surface area contributed by atoms with E-state index in [1.165, 1.54) is 17.7 Å². The number of likely N-dealkylation sites (tertiary alicyclic amines) is 1. The third-order valence-corrected chi connectivity index (χ3v) is 5.47. The standard InChI is InChI=1S/C18H20N6O2S/c1-2-26-16-9-15(20-11-21-16)22-12-4-7-24(8-5-12)18(25)17-23-13-10-19-6-3-14(13)27-17/h3,6,9-12H,2,4-5,7-8H2,1H3,(H,20,21,22). The number of carbonyl (C=O) groups excluding carboxylic acids is 1. The first-order chi connectivity index (χ1) is 13.2. The highest BCUT2D eigenvalue weighted by Crippen LogP contribution is 2.24. The highest BCUT2D eigenvalue weighted by atomic mass is 32.1. The van der Waals surface area contributed by atoms with Crippen molar-refractivity contribution in [3.05, 3.63) is 35.9 Å². The zero-order valence-corrected chi connectivity index (χ0v) is 15.8. The topological polar surface area (TPSA) is 93.1 Å². The number of carbonyl (C=O) groups is 1. The van der Waals surface area contributed by atoms with Gasteiger partial charge in [-0.2, -0.15) is 0 Å². The van der Waals surface area contributed by atoms with Crippen LogP contribution in [0.3, 0.4) is 0 Å². The van der Waals surface area contributed by atoms with E-state index in [0.717, 1.165) is 28.9 Å². The summed E-state index contributed by atoms with van der Waals surface area (Å²) < 4.78 is 6.39. The van der Waals surface area contributed by atoms with E-state index in [1.54, 1.807) is 18.5 Å². The van der Waals surface area contributed by atoms with Gasteiger partial charge < -0.3 is 15.0 Å². The van der Waals surface area contributed by atoms with E-state index in [1.807, 2.05) is 17.9 Å². The van der Waals surface area contributed by atoms with Crippen molar-refractivity contribution in [3.8, 4) is 5.88 Å². The molecule has 1 aliphatic heterocycles. The number of nitrogens with zero attached hydrogens (tertiary/aromatic N) is 5. The van der Waals surface area contributed by atoms with E-state index in [-0.39, 0.29) is 11.9 Å². The molecule has 0 aliphatic carbocycles. The Morgan fingerprint density at radius 2 is 2.22 bits per heavy atom. The Balaban J connectivity index is 1.35. The molecule has 0 bridgehead atoms. The van der Waals surface area contributed by atoms with Crippen LogP contribution in [0.15, 0.2) is 30.9 Å². The summed E-state index contributed by atoms with van der Waals surface area (Å²) in [6, 6.07) is 3.95. The molecule has 8 nitrogen and oxygen atoms in total. The minimum absolute atomic E-state index is 0.00434. The number of rotatable bonds is 5. The van der Waals surface area contributed by atoms with Crippen molar-refractivity contribution < 1.29 is 9.53 Å². The second-order valence-corrected chi connectivity index (χ2v) is 7.28. The fourth-order valence-electron chi connectivity index (χ4n) is 3.09. The van der Waals surface area contributed by atoms with Crippen molar-refractivity contribution >= 4 is 33.3 Å². The summed E-state index contributed by atoms with van der Waals surface area (Å²) in [6.45, 7) is 3.87. The minimum atomic E-state index is -0.00434. The summed E-state index contributed by atoms with van der Waals surface area (Å²) in [5.41, 5.74) is 0.774. The minimum Gasteiger partial charge on any atom is -0.478 e. The van der Waals surface area contributed by atoms with Crippen LogP contribution in [0.5, 0.6) is 5.88 Å². The predicted molar refractivity (Wildman–Crippen MR) is 103 cm³/mol. The molecule has 0 radical (unpaired) electrons. The molecule has 1 aliphatic rings. The monoisotopic (exact) mass is 384 g/mol. The third-order valence-electron chi connectivity index (χ3n) is 4.44. The molecule has 1 fully saturated rings. The van der Waals surface area contributed by atoms with Crippen molar-refractivity contribution in [2.75, 3.05) is 25.0 Å². The molecule has 0 saturated carbocycles. The SMILES string of the molecule is CCOc1cc(NC2CCN(C(=O)c3nc4cnccc4s3)CC2)ncn1. The summed E-state index contributed by atoms with van der Waals surface area (Å²) in [6.07, 6.45) is 6.61. The van der Waals surface area contributed by atoms with Crippen LogP contribution in [0.2, 0.25) is 0 Å². The molecule has 3 aromatic rings. The number of pyridine rings is 1. The maximum atomic E-state index is 12.7. The second kappa shape index (κ2) is 7.83. The van der Waals surface area contributed by atoms with Gasteiger partial charge in [0.05, 0.1) is 17.5 Å². The summed E-state index contributed by atoms with van der Waals surface area (Å²) in [5, 5.41) is 3.94. The number of thiazole rings is 1. The Labute approximate surface area is 160 Å². The zero-order valence-electron chi connectivity index (χ0n) is 15.0. The molecule has 9 heteroatoms. The van der Waals surface area contributed by atoms with Gasteiger partial charge in [0.25, 0.3) is 5.91 Å². The Kier molecular flexibility index (Phi) is 5.10. The number of piperidine rings is 1. The van der Waals surface area contributed by atoms with Crippen LogP contribution >= 0.6 is 11.3 Å². The Morgan fingerprint density at radius 1 is 1.37 bits per heavy atom. The number of ether oxygens (including phenoxy) is 1. The average Bonchev–Trinajstić information content (AvgIpc) is 3.13. The van der Waals surface area contributed by atoms with Gasteiger partial charge in [0.2, 0.25) is 5.88 Å². The molecule has 4 rings (SSSR count). The summed E-state index contributed by atoms with van der Waals surface area (Å²) in [5.74, 6) is 1.31. The highest BCUT2D eigenvalue weighted by Gasteiger charge is 2.26. The van der Waals surface area contributed by atoms with E-state index in [2.05, 4.69) is 25.3 Å². The number of hydrogen-bond acceptors (Lipinski definition) is 8. The van der Waals surface area contributed by atoms with E-state index < -0.39 is 0 Å². The molecule has 1 amide bonds. The first-order valence-corrected chi connectivity index (χ1v) is 9.76. The number of amides is 1. The molecule has 0 spiro atoms. The molecular weight excluding hydrogens is 364 g/mol. The van der Waals surface area contributed by atoms with Crippen molar-refractivity contribution in [3.63, 3.8) is 0 Å². The van der Waals surface area contributed by atoms with Crippen molar-refractivity contribution in [1.29, 1.82) is 0 Å². The van der Waals surface area contributed by atoms with Crippen molar-refractivity contribution in [2.45, 2.75) is 25.8 Å². The molecular formula is C18H20N6O2S. The number of hydrogen-bond donors (Lipinski definition) is 1. The van der Waals surface area contributed by atoms with Crippen LogP contribution < -0.4 is 10.1 Å². The van der Waals surface area contributed by atoms with Crippen molar-refractivity contribution in [1.82, 2.24) is 24.8 Å². The summed E-state index contributed by atoms with van der Waals surface area (Å²) in [7, 11) is 0.